The Morgan fingerprint density at radius 2 is 2.00 bits per heavy atom. The first kappa shape index (κ1) is 13.7. The molecule has 2 heteroatoms. The van der Waals surface area contributed by atoms with E-state index in [4.69, 9.17) is 0 Å². The zero-order valence-corrected chi connectivity index (χ0v) is 10.4. The van der Waals surface area contributed by atoms with E-state index in [1.54, 1.807) is 0 Å². The van der Waals surface area contributed by atoms with Gasteiger partial charge in [-0.3, -0.25) is 4.90 Å². The van der Waals surface area contributed by atoms with Crippen LogP contribution >= 0.6 is 0 Å². The van der Waals surface area contributed by atoms with Crippen LogP contribution in [0.1, 0.15) is 34.1 Å². The molecule has 14 heavy (non-hydrogen) atoms. The normalized spacial score (nSPS) is 14.4. The van der Waals surface area contributed by atoms with E-state index >= 15 is 0 Å². The van der Waals surface area contributed by atoms with Gasteiger partial charge >= 0.3 is 0 Å². The topological polar surface area (TPSA) is 15.3 Å². The molecule has 0 aromatic heterocycles. The van der Waals surface area contributed by atoms with Crippen LogP contribution in [0.15, 0.2) is 12.7 Å². The fourth-order valence-electron chi connectivity index (χ4n) is 1.19. The van der Waals surface area contributed by atoms with Crippen LogP contribution in [0.4, 0.5) is 0 Å². The fourth-order valence-corrected chi connectivity index (χ4v) is 1.19. The lowest BCUT2D eigenvalue weighted by molar-refractivity contribution is 0.157. The van der Waals surface area contributed by atoms with Crippen molar-refractivity contribution in [3.05, 3.63) is 12.7 Å². The molecule has 0 aromatic carbocycles. The average molecular weight is 198 g/mol. The molecule has 0 fully saturated rings. The van der Waals surface area contributed by atoms with Gasteiger partial charge in [-0.05, 0) is 34.2 Å². The summed E-state index contributed by atoms with van der Waals surface area (Å²) >= 11 is 0. The summed E-state index contributed by atoms with van der Waals surface area (Å²) in [6.07, 6.45) is 3.08. The molecule has 1 unspecified atom stereocenters. The van der Waals surface area contributed by atoms with Crippen LogP contribution in [0.2, 0.25) is 0 Å². The lowest BCUT2D eigenvalue weighted by Crippen LogP contribution is -2.46. The van der Waals surface area contributed by atoms with Crippen LogP contribution in [0, 0.1) is 0 Å². The minimum absolute atomic E-state index is 0.253. The third-order valence-electron chi connectivity index (χ3n) is 2.68. The van der Waals surface area contributed by atoms with E-state index in [1.807, 2.05) is 6.08 Å². The van der Waals surface area contributed by atoms with E-state index in [-0.39, 0.29) is 5.54 Å². The van der Waals surface area contributed by atoms with Gasteiger partial charge in [0.2, 0.25) is 0 Å². The maximum Gasteiger partial charge on any atom is 0.0195 e. The molecular formula is C12H26N2. The molecular weight excluding hydrogens is 172 g/mol. The van der Waals surface area contributed by atoms with Crippen molar-refractivity contribution in [1.82, 2.24) is 10.2 Å². The quantitative estimate of drug-likeness (QED) is 0.659. The zero-order valence-electron chi connectivity index (χ0n) is 10.4. The summed E-state index contributed by atoms with van der Waals surface area (Å²) in [5.41, 5.74) is 0.253. The molecule has 1 N–H and O–H groups in total. The largest absolute Gasteiger partial charge is 0.309 e. The predicted octanol–water partition coefficient (Wildman–Crippen LogP) is 2.27. The average Bonchev–Trinajstić information content (AvgIpc) is 2.10. The van der Waals surface area contributed by atoms with E-state index in [0.29, 0.717) is 6.04 Å². The van der Waals surface area contributed by atoms with Gasteiger partial charge in [0.25, 0.3) is 0 Å². The van der Waals surface area contributed by atoms with Crippen molar-refractivity contribution < 1.29 is 0 Å². The minimum Gasteiger partial charge on any atom is -0.309 e. The molecule has 0 aromatic rings. The molecule has 0 spiro atoms. The molecule has 0 amide bonds. The molecule has 0 aliphatic heterocycles. The maximum absolute atomic E-state index is 3.72. The molecule has 0 aliphatic rings. The lowest BCUT2D eigenvalue weighted by Gasteiger charge is -2.34. The summed E-state index contributed by atoms with van der Waals surface area (Å²) in [4.78, 5) is 2.39. The summed E-state index contributed by atoms with van der Waals surface area (Å²) in [7, 11) is 2.18. The van der Waals surface area contributed by atoms with E-state index in [0.717, 1.165) is 19.5 Å². The first-order valence-electron chi connectivity index (χ1n) is 5.47. The molecule has 0 rings (SSSR count). The predicted molar refractivity (Wildman–Crippen MR) is 64.7 cm³/mol. The Morgan fingerprint density at radius 3 is 2.36 bits per heavy atom. The highest BCUT2D eigenvalue weighted by Crippen LogP contribution is 2.11. The van der Waals surface area contributed by atoms with Crippen molar-refractivity contribution in [1.29, 1.82) is 0 Å². The molecule has 0 bridgehead atoms. The van der Waals surface area contributed by atoms with Gasteiger partial charge in [0.05, 0.1) is 0 Å². The van der Waals surface area contributed by atoms with Crippen LogP contribution in [-0.2, 0) is 0 Å². The van der Waals surface area contributed by atoms with Crippen LogP contribution in [0.3, 0.4) is 0 Å². The molecule has 1 atom stereocenters. The van der Waals surface area contributed by atoms with Crippen LogP contribution in [0.5, 0.6) is 0 Å². The maximum atomic E-state index is 3.72. The highest BCUT2D eigenvalue weighted by Gasteiger charge is 2.19. The van der Waals surface area contributed by atoms with Crippen LogP contribution < -0.4 is 5.32 Å². The second-order valence-electron chi connectivity index (χ2n) is 4.85. The van der Waals surface area contributed by atoms with Crippen molar-refractivity contribution in [3.8, 4) is 0 Å². The number of nitrogens with one attached hydrogen (secondary N) is 1. The molecule has 0 heterocycles. The van der Waals surface area contributed by atoms with Crippen LogP contribution in [0.25, 0.3) is 0 Å². The van der Waals surface area contributed by atoms with Crippen molar-refractivity contribution in [2.24, 2.45) is 0 Å². The Hall–Kier alpha value is -0.340. The third kappa shape index (κ3) is 5.40. The van der Waals surface area contributed by atoms with Gasteiger partial charge in [-0.15, -0.1) is 6.58 Å². The highest BCUT2D eigenvalue weighted by molar-refractivity contribution is 4.80. The third-order valence-corrected chi connectivity index (χ3v) is 2.68. The van der Waals surface area contributed by atoms with Gasteiger partial charge in [-0.1, -0.05) is 13.0 Å². The Morgan fingerprint density at radius 1 is 1.43 bits per heavy atom. The minimum atomic E-state index is 0.253. The molecule has 0 saturated heterocycles. The molecule has 0 radical (unpaired) electrons. The first-order chi connectivity index (χ1) is 6.41. The summed E-state index contributed by atoms with van der Waals surface area (Å²) in [5, 5.41) is 3.46. The SMILES string of the molecule is C=CCNC(CC)CN(C)C(C)(C)C. The Bertz CT molecular complexity index is 158. The van der Waals surface area contributed by atoms with E-state index in [9.17, 15) is 0 Å². The fraction of sp³-hybridized carbons (Fsp3) is 0.833. The Kier molecular flexibility index (Phi) is 6.05. The molecule has 0 saturated carbocycles. The monoisotopic (exact) mass is 198 g/mol. The number of hydrogen-bond acceptors (Lipinski definition) is 2. The van der Waals surface area contributed by atoms with Crippen molar-refractivity contribution in [3.63, 3.8) is 0 Å². The standard InChI is InChI=1S/C12H26N2/c1-7-9-13-11(8-2)10-14(6)12(3,4)5/h7,11,13H,1,8-10H2,2-6H3. The zero-order chi connectivity index (χ0) is 11.2. The Labute approximate surface area is 89.4 Å². The van der Waals surface area contributed by atoms with Crippen molar-refractivity contribution in [2.45, 2.75) is 45.7 Å². The summed E-state index contributed by atoms with van der Waals surface area (Å²) in [5.74, 6) is 0. The van der Waals surface area contributed by atoms with E-state index in [1.165, 1.54) is 0 Å². The lowest BCUT2D eigenvalue weighted by atomic mass is 10.1. The summed E-state index contributed by atoms with van der Waals surface area (Å²) in [6.45, 7) is 14.7. The van der Waals surface area contributed by atoms with Gasteiger partial charge in [0.15, 0.2) is 0 Å². The molecule has 84 valence electrons. The van der Waals surface area contributed by atoms with E-state index in [2.05, 4.69) is 51.5 Å². The number of rotatable bonds is 6. The van der Waals surface area contributed by atoms with Crippen molar-refractivity contribution in [2.75, 3.05) is 20.1 Å². The van der Waals surface area contributed by atoms with Gasteiger partial charge in [-0.25, -0.2) is 0 Å². The Balaban J connectivity index is 3.97. The summed E-state index contributed by atoms with van der Waals surface area (Å²) < 4.78 is 0. The number of hydrogen-bond donors (Lipinski definition) is 1. The smallest absolute Gasteiger partial charge is 0.0195 e. The number of likely N-dealkylation sites (N-methyl/N-ethyl adjacent to an activating group) is 1. The molecule has 0 aliphatic carbocycles. The van der Waals surface area contributed by atoms with Gasteiger partial charge in [-0.2, -0.15) is 0 Å². The second kappa shape index (κ2) is 6.20. The van der Waals surface area contributed by atoms with Gasteiger partial charge in [0.1, 0.15) is 0 Å². The second-order valence-corrected chi connectivity index (χ2v) is 4.85. The van der Waals surface area contributed by atoms with Gasteiger partial charge in [0, 0.05) is 24.7 Å². The van der Waals surface area contributed by atoms with Crippen LogP contribution in [-0.4, -0.2) is 36.6 Å². The highest BCUT2D eigenvalue weighted by atomic mass is 15.2. The number of nitrogens with zero attached hydrogens (tertiary/aromatic N) is 1. The van der Waals surface area contributed by atoms with Crippen molar-refractivity contribution >= 4 is 0 Å². The van der Waals surface area contributed by atoms with E-state index < -0.39 is 0 Å². The van der Waals surface area contributed by atoms with Gasteiger partial charge < -0.3 is 5.32 Å². The molecule has 2 nitrogen and oxygen atoms in total. The first-order valence-corrected chi connectivity index (χ1v) is 5.47. The summed E-state index contributed by atoms with van der Waals surface area (Å²) in [6, 6.07) is 0.567.